The lowest BCUT2D eigenvalue weighted by atomic mass is 10.3. The largest absolute Gasteiger partial charge is 0.491 e. The van der Waals surface area contributed by atoms with Crippen molar-refractivity contribution >= 4 is 22.6 Å². The summed E-state index contributed by atoms with van der Waals surface area (Å²) in [6.45, 7) is 0. The lowest BCUT2D eigenvalue weighted by Crippen LogP contribution is -2.17. The third-order valence-corrected chi connectivity index (χ3v) is 2.09. The molecule has 0 spiro atoms. The molecule has 0 saturated carbocycles. The number of fused-ring (bicyclic) bond motifs is 1. The van der Waals surface area contributed by atoms with Gasteiger partial charge in [0, 0.05) is 0 Å². The SMILES string of the molecule is Fc1cccc2nc(Cl)n(C(F)(F)F)c12. The average Bonchev–Trinajstić information content (AvgIpc) is 2.41. The predicted molar refractivity (Wildman–Crippen MR) is 46.0 cm³/mol. The van der Waals surface area contributed by atoms with Crippen molar-refractivity contribution in [2.75, 3.05) is 0 Å². The summed E-state index contributed by atoms with van der Waals surface area (Å²) in [4.78, 5) is 3.41. The van der Waals surface area contributed by atoms with Gasteiger partial charge in [-0.2, -0.15) is 0 Å². The van der Waals surface area contributed by atoms with Crippen LogP contribution < -0.4 is 0 Å². The molecule has 0 unspecified atom stereocenters. The Kier molecular flexibility index (Phi) is 2.11. The van der Waals surface area contributed by atoms with E-state index in [0.29, 0.717) is 0 Å². The van der Waals surface area contributed by atoms with Crippen LogP contribution in [-0.2, 0) is 6.30 Å². The van der Waals surface area contributed by atoms with Crippen molar-refractivity contribution in [2.45, 2.75) is 6.30 Å². The highest BCUT2D eigenvalue weighted by Crippen LogP contribution is 2.32. The van der Waals surface area contributed by atoms with Crippen LogP contribution in [0.25, 0.3) is 11.0 Å². The van der Waals surface area contributed by atoms with Crippen molar-refractivity contribution in [3.63, 3.8) is 0 Å². The molecular formula is C8H3ClF4N2. The summed E-state index contributed by atoms with van der Waals surface area (Å²) in [5, 5.41) is -0.803. The molecule has 1 aromatic carbocycles. The maximum Gasteiger partial charge on any atom is 0.491 e. The van der Waals surface area contributed by atoms with Gasteiger partial charge in [-0.3, -0.25) is 0 Å². The molecule has 7 heteroatoms. The molecule has 0 aliphatic rings. The first-order chi connectivity index (χ1) is 6.91. The van der Waals surface area contributed by atoms with E-state index in [1.807, 2.05) is 0 Å². The minimum Gasteiger partial charge on any atom is -0.221 e. The summed E-state index contributed by atoms with van der Waals surface area (Å²) in [5.41, 5.74) is -0.785. The molecule has 80 valence electrons. The highest BCUT2D eigenvalue weighted by Gasteiger charge is 2.36. The molecule has 1 aromatic heterocycles. The molecule has 0 saturated heterocycles. The van der Waals surface area contributed by atoms with E-state index in [2.05, 4.69) is 4.98 Å². The molecule has 2 aromatic rings. The molecule has 0 aliphatic carbocycles. The van der Waals surface area contributed by atoms with Gasteiger partial charge in [0.1, 0.15) is 11.3 Å². The smallest absolute Gasteiger partial charge is 0.221 e. The van der Waals surface area contributed by atoms with Crippen molar-refractivity contribution in [1.29, 1.82) is 0 Å². The fourth-order valence-corrected chi connectivity index (χ4v) is 1.56. The topological polar surface area (TPSA) is 17.8 Å². The highest BCUT2D eigenvalue weighted by molar-refractivity contribution is 6.29. The fourth-order valence-electron chi connectivity index (χ4n) is 1.29. The Labute approximate surface area is 86.1 Å². The Bertz CT molecular complexity index is 517. The number of para-hydroxylation sites is 1. The lowest BCUT2D eigenvalue weighted by Gasteiger charge is -2.09. The van der Waals surface area contributed by atoms with Gasteiger partial charge >= 0.3 is 6.30 Å². The van der Waals surface area contributed by atoms with E-state index in [1.54, 1.807) is 0 Å². The Morgan fingerprint density at radius 1 is 1.27 bits per heavy atom. The van der Waals surface area contributed by atoms with Crippen LogP contribution in [-0.4, -0.2) is 9.55 Å². The number of hydrogen-bond donors (Lipinski definition) is 0. The summed E-state index contributed by atoms with van der Waals surface area (Å²) in [6.07, 6.45) is -4.78. The first kappa shape index (κ1) is 10.2. The van der Waals surface area contributed by atoms with Gasteiger partial charge < -0.3 is 0 Å². The Balaban J connectivity index is 2.89. The molecule has 0 fully saturated rings. The van der Waals surface area contributed by atoms with Gasteiger partial charge in [0.05, 0.1) is 5.52 Å². The Morgan fingerprint density at radius 3 is 2.53 bits per heavy atom. The van der Waals surface area contributed by atoms with Crippen molar-refractivity contribution in [3.05, 3.63) is 29.3 Å². The number of rotatable bonds is 0. The minimum atomic E-state index is -4.78. The van der Waals surface area contributed by atoms with Gasteiger partial charge in [-0.15, -0.1) is 13.2 Å². The maximum atomic E-state index is 13.2. The molecule has 0 N–H and O–H groups in total. The predicted octanol–water partition coefficient (Wildman–Crippen LogP) is 3.31. The third-order valence-electron chi connectivity index (χ3n) is 1.84. The number of aromatic nitrogens is 2. The summed E-state index contributed by atoms with van der Waals surface area (Å²) >= 11 is 5.29. The molecule has 0 atom stereocenters. The second kappa shape index (κ2) is 3.10. The molecular weight excluding hydrogens is 236 g/mol. The number of hydrogen-bond acceptors (Lipinski definition) is 1. The van der Waals surface area contributed by atoms with E-state index < -0.39 is 22.9 Å². The van der Waals surface area contributed by atoms with Crippen molar-refractivity contribution in [1.82, 2.24) is 9.55 Å². The van der Waals surface area contributed by atoms with Crippen LogP contribution in [0.5, 0.6) is 0 Å². The molecule has 0 bridgehead atoms. The first-order valence-corrected chi connectivity index (χ1v) is 4.18. The summed E-state index contributed by atoms with van der Waals surface area (Å²) in [7, 11) is 0. The third kappa shape index (κ3) is 1.54. The minimum absolute atomic E-state index is 0.127. The maximum absolute atomic E-state index is 13.2. The quantitative estimate of drug-likeness (QED) is 0.644. The number of alkyl halides is 3. The molecule has 15 heavy (non-hydrogen) atoms. The van der Waals surface area contributed by atoms with Crippen LogP contribution in [0, 0.1) is 5.82 Å². The molecule has 2 nitrogen and oxygen atoms in total. The summed E-state index contributed by atoms with van der Waals surface area (Å²) in [5.74, 6) is -1.01. The van der Waals surface area contributed by atoms with Gasteiger partial charge in [0.25, 0.3) is 0 Å². The second-order valence-electron chi connectivity index (χ2n) is 2.79. The number of halogens is 5. The van der Waals surface area contributed by atoms with Crippen molar-refractivity contribution in [3.8, 4) is 0 Å². The van der Waals surface area contributed by atoms with Crippen LogP contribution in [0.3, 0.4) is 0 Å². The zero-order valence-corrected chi connectivity index (χ0v) is 7.77. The van der Waals surface area contributed by atoms with E-state index >= 15 is 0 Å². The normalized spacial score (nSPS) is 12.3. The van der Waals surface area contributed by atoms with E-state index in [0.717, 1.165) is 6.07 Å². The van der Waals surface area contributed by atoms with E-state index in [1.165, 1.54) is 12.1 Å². The van der Waals surface area contributed by atoms with Gasteiger partial charge in [-0.1, -0.05) is 6.07 Å². The van der Waals surface area contributed by atoms with E-state index in [-0.39, 0.29) is 10.1 Å². The molecule has 0 aliphatic heterocycles. The average molecular weight is 239 g/mol. The zero-order chi connectivity index (χ0) is 11.2. The van der Waals surface area contributed by atoms with E-state index in [4.69, 9.17) is 11.6 Å². The van der Waals surface area contributed by atoms with Crippen LogP contribution in [0.15, 0.2) is 18.2 Å². The summed E-state index contributed by atoms with van der Waals surface area (Å²) < 4.78 is 50.3. The van der Waals surface area contributed by atoms with Gasteiger partial charge in [-0.25, -0.2) is 13.9 Å². The standard InChI is InChI=1S/C8H3ClF4N2/c9-7-14-5-3-1-2-4(10)6(5)15(7)8(11,12)13/h1-3H. The molecule has 0 amide bonds. The lowest BCUT2D eigenvalue weighted by molar-refractivity contribution is -0.201. The van der Waals surface area contributed by atoms with Crippen molar-refractivity contribution in [2.24, 2.45) is 0 Å². The molecule has 0 radical (unpaired) electrons. The van der Waals surface area contributed by atoms with Crippen LogP contribution in [0.4, 0.5) is 17.6 Å². The fraction of sp³-hybridized carbons (Fsp3) is 0.125. The summed E-state index contributed by atoms with van der Waals surface area (Å²) in [6, 6.07) is 3.44. The van der Waals surface area contributed by atoms with Crippen molar-refractivity contribution < 1.29 is 17.6 Å². The van der Waals surface area contributed by atoms with Gasteiger partial charge in [0.15, 0.2) is 0 Å². The Morgan fingerprint density at radius 2 is 1.93 bits per heavy atom. The van der Waals surface area contributed by atoms with Crippen LogP contribution in [0.2, 0.25) is 5.28 Å². The second-order valence-corrected chi connectivity index (χ2v) is 3.13. The van der Waals surface area contributed by atoms with Gasteiger partial charge in [0.2, 0.25) is 5.28 Å². The van der Waals surface area contributed by atoms with Crippen LogP contribution in [0.1, 0.15) is 0 Å². The number of benzene rings is 1. The molecule has 2 rings (SSSR count). The Hall–Kier alpha value is -1.30. The molecule has 1 heterocycles. The van der Waals surface area contributed by atoms with E-state index in [9.17, 15) is 17.6 Å². The zero-order valence-electron chi connectivity index (χ0n) is 7.02. The first-order valence-electron chi connectivity index (χ1n) is 3.81. The monoisotopic (exact) mass is 238 g/mol. The van der Waals surface area contributed by atoms with Crippen LogP contribution >= 0.6 is 11.6 Å². The number of nitrogens with zero attached hydrogens (tertiary/aromatic N) is 2. The number of imidazole rings is 1. The van der Waals surface area contributed by atoms with Gasteiger partial charge in [-0.05, 0) is 23.7 Å². The highest BCUT2D eigenvalue weighted by atomic mass is 35.5.